The summed E-state index contributed by atoms with van der Waals surface area (Å²) in [5.74, 6) is -0.259. The Morgan fingerprint density at radius 3 is 2.78 bits per heavy atom. The zero-order valence-electron chi connectivity index (χ0n) is 15.4. The molecule has 0 aliphatic carbocycles. The number of rotatable bonds is 6. The van der Waals surface area contributed by atoms with Crippen molar-refractivity contribution in [3.05, 3.63) is 93.2 Å². The van der Waals surface area contributed by atoms with E-state index in [0.717, 1.165) is 22.4 Å². The van der Waals surface area contributed by atoms with Crippen LogP contribution in [-0.4, -0.2) is 20.7 Å². The Bertz CT molecular complexity index is 1020. The van der Waals surface area contributed by atoms with Gasteiger partial charge in [-0.2, -0.15) is 5.10 Å². The van der Waals surface area contributed by atoms with Gasteiger partial charge >= 0.3 is 0 Å². The van der Waals surface area contributed by atoms with Gasteiger partial charge in [-0.15, -0.1) is 0 Å². The summed E-state index contributed by atoms with van der Waals surface area (Å²) in [6.45, 7) is 4.56. The molecular formula is C21H22N4O2. The van der Waals surface area contributed by atoms with Gasteiger partial charge in [-0.25, -0.2) is 0 Å². The van der Waals surface area contributed by atoms with Crippen LogP contribution in [0, 0.1) is 13.8 Å². The Morgan fingerprint density at radius 1 is 1.26 bits per heavy atom. The minimum atomic E-state index is -0.259. The molecule has 1 aromatic carbocycles. The highest BCUT2D eigenvalue weighted by Gasteiger charge is 2.06. The van der Waals surface area contributed by atoms with Gasteiger partial charge in [0.15, 0.2) is 0 Å². The van der Waals surface area contributed by atoms with Crippen molar-refractivity contribution in [1.82, 2.24) is 20.1 Å². The summed E-state index contributed by atoms with van der Waals surface area (Å²) in [7, 11) is 0. The van der Waals surface area contributed by atoms with Gasteiger partial charge in [0.05, 0.1) is 12.7 Å². The van der Waals surface area contributed by atoms with Gasteiger partial charge in [0, 0.05) is 35.6 Å². The van der Waals surface area contributed by atoms with Crippen molar-refractivity contribution in [1.29, 1.82) is 0 Å². The third kappa shape index (κ3) is 5.04. The average molecular weight is 362 g/mol. The first-order valence-electron chi connectivity index (χ1n) is 8.73. The summed E-state index contributed by atoms with van der Waals surface area (Å²) in [5.41, 5.74) is 4.07. The predicted octanol–water partition coefficient (Wildman–Crippen LogP) is 2.57. The highest BCUT2D eigenvalue weighted by Crippen LogP contribution is 2.06. The Labute approximate surface area is 157 Å². The van der Waals surface area contributed by atoms with Gasteiger partial charge in [-0.3, -0.25) is 14.3 Å². The maximum Gasteiger partial charge on any atom is 0.253 e. The molecule has 1 amide bonds. The molecule has 0 aliphatic heterocycles. The van der Waals surface area contributed by atoms with Crippen LogP contribution in [0.4, 0.5) is 0 Å². The van der Waals surface area contributed by atoms with E-state index < -0.39 is 0 Å². The van der Waals surface area contributed by atoms with Crippen molar-refractivity contribution in [2.75, 3.05) is 0 Å². The second-order valence-electron chi connectivity index (χ2n) is 6.45. The number of carbonyl (C=O) groups is 1. The molecule has 3 rings (SSSR count). The van der Waals surface area contributed by atoms with Crippen molar-refractivity contribution in [3.63, 3.8) is 0 Å². The fourth-order valence-corrected chi connectivity index (χ4v) is 2.83. The summed E-state index contributed by atoms with van der Waals surface area (Å²) < 4.78 is 1.82. The molecule has 0 saturated heterocycles. The highest BCUT2D eigenvalue weighted by molar-refractivity contribution is 5.91. The SMILES string of the molecule is Cc1cc(C)c(CNC(=O)/C=C/c2cnn(Cc3ccccc3)c2)c(=O)[nH]1. The molecule has 2 aromatic heterocycles. The average Bonchev–Trinajstić information content (AvgIpc) is 3.07. The summed E-state index contributed by atoms with van der Waals surface area (Å²) in [5, 5.41) is 7.05. The van der Waals surface area contributed by atoms with Crippen LogP contribution in [0.5, 0.6) is 0 Å². The van der Waals surface area contributed by atoms with E-state index in [1.54, 1.807) is 12.3 Å². The Kier molecular flexibility index (Phi) is 5.66. The molecule has 0 atom stereocenters. The monoisotopic (exact) mass is 362 g/mol. The van der Waals surface area contributed by atoms with E-state index in [-0.39, 0.29) is 18.0 Å². The van der Waals surface area contributed by atoms with Crippen LogP contribution in [0.3, 0.4) is 0 Å². The van der Waals surface area contributed by atoms with Crippen LogP contribution >= 0.6 is 0 Å². The largest absolute Gasteiger partial charge is 0.348 e. The number of H-pyrrole nitrogens is 1. The van der Waals surface area contributed by atoms with Crippen LogP contribution < -0.4 is 10.9 Å². The number of aryl methyl sites for hydroxylation is 2. The number of aromatic amines is 1. The van der Waals surface area contributed by atoms with Crippen molar-refractivity contribution in [3.8, 4) is 0 Å². The first-order valence-corrected chi connectivity index (χ1v) is 8.73. The molecule has 0 radical (unpaired) electrons. The van der Waals surface area contributed by atoms with E-state index in [9.17, 15) is 9.59 Å². The van der Waals surface area contributed by atoms with Crippen molar-refractivity contribution in [2.24, 2.45) is 0 Å². The first kappa shape index (κ1) is 18.4. The lowest BCUT2D eigenvalue weighted by Gasteiger charge is -2.06. The molecule has 138 valence electrons. The van der Waals surface area contributed by atoms with Crippen LogP contribution in [0.1, 0.15) is 27.9 Å². The number of benzene rings is 1. The van der Waals surface area contributed by atoms with E-state index in [2.05, 4.69) is 15.4 Å². The minimum absolute atomic E-state index is 0.168. The second-order valence-corrected chi connectivity index (χ2v) is 6.45. The lowest BCUT2D eigenvalue weighted by molar-refractivity contribution is -0.116. The molecule has 0 saturated carbocycles. The number of nitrogens with one attached hydrogen (secondary N) is 2. The topological polar surface area (TPSA) is 79.8 Å². The van der Waals surface area contributed by atoms with Crippen LogP contribution in [0.25, 0.3) is 6.08 Å². The lowest BCUT2D eigenvalue weighted by Crippen LogP contribution is -2.26. The summed E-state index contributed by atoms with van der Waals surface area (Å²) in [6.07, 6.45) is 6.74. The molecule has 2 N–H and O–H groups in total. The molecule has 2 heterocycles. The highest BCUT2D eigenvalue weighted by atomic mass is 16.1. The zero-order valence-corrected chi connectivity index (χ0v) is 15.4. The van der Waals surface area contributed by atoms with E-state index in [1.807, 2.05) is 61.1 Å². The number of nitrogens with zero attached hydrogens (tertiary/aromatic N) is 2. The van der Waals surface area contributed by atoms with Gasteiger partial charge in [0.2, 0.25) is 5.91 Å². The molecule has 0 fully saturated rings. The number of carbonyl (C=O) groups excluding carboxylic acids is 1. The van der Waals surface area contributed by atoms with Crippen molar-refractivity contribution in [2.45, 2.75) is 26.9 Å². The molecule has 3 aromatic rings. The predicted molar refractivity (Wildman–Crippen MR) is 105 cm³/mol. The fourth-order valence-electron chi connectivity index (χ4n) is 2.83. The number of aromatic nitrogens is 3. The van der Waals surface area contributed by atoms with Gasteiger partial charge < -0.3 is 10.3 Å². The molecule has 0 unspecified atom stereocenters. The van der Waals surface area contributed by atoms with E-state index in [1.165, 1.54) is 6.08 Å². The Balaban J connectivity index is 1.57. The maximum atomic E-state index is 12.0. The maximum absolute atomic E-state index is 12.0. The van der Waals surface area contributed by atoms with E-state index >= 15 is 0 Å². The van der Waals surface area contributed by atoms with Gasteiger partial charge in [-0.05, 0) is 37.1 Å². The quantitative estimate of drug-likeness (QED) is 0.662. The molecule has 6 nitrogen and oxygen atoms in total. The summed E-state index contributed by atoms with van der Waals surface area (Å²) in [6, 6.07) is 11.9. The van der Waals surface area contributed by atoms with Crippen LogP contribution in [0.15, 0.2) is 59.7 Å². The van der Waals surface area contributed by atoms with Gasteiger partial charge in [-0.1, -0.05) is 30.3 Å². The molecule has 0 spiro atoms. The van der Waals surface area contributed by atoms with Crippen LogP contribution in [-0.2, 0) is 17.9 Å². The van der Waals surface area contributed by atoms with Gasteiger partial charge in [0.1, 0.15) is 0 Å². The number of hydrogen-bond acceptors (Lipinski definition) is 3. The number of amides is 1. The van der Waals surface area contributed by atoms with Crippen LogP contribution in [0.2, 0.25) is 0 Å². The van der Waals surface area contributed by atoms with Crippen molar-refractivity contribution >= 4 is 12.0 Å². The third-order valence-corrected chi connectivity index (χ3v) is 4.20. The lowest BCUT2D eigenvalue weighted by atomic mass is 10.1. The molecule has 0 aliphatic rings. The summed E-state index contributed by atoms with van der Waals surface area (Å²) >= 11 is 0. The molecule has 27 heavy (non-hydrogen) atoms. The number of hydrogen-bond donors (Lipinski definition) is 2. The smallest absolute Gasteiger partial charge is 0.253 e. The first-order chi connectivity index (χ1) is 13.0. The Morgan fingerprint density at radius 2 is 2.04 bits per heavy atom. The molecule has 6 heteroatoms. The number of pyridine rings is 1. The van der Waals surface area contributed by atoms with E-state index in [0.29, 0.717) is 12.1 Å². The molecular weight excluding hydrogens is 340 g/mol. The second kappa shape index (κ2) is 8.31. The van der Waals surface area contributed by atoms with Gasteiger partial charge in [0.25, 0.3) is 5.56 Å². The van der Waals surface area contributed by atoms with Crippen molar-refractivity contribution < 1.29 is 4.79 Å². The fraction of sp³-hybridized carbons (Fsp3) is 0.190. The third-order valence-electron chi connectivity index (χ3n) is 4.20. The normalized spacial score (nSPS) is 11.0. The zero-order chi connectivity index (χ0) is 19.2. The summed E-state index contributed by atoms with van der Waals surface area (Å²) in [4.78, 5) is 26.8. The molecule has 0 bridgehead atoms. The minimum Gasteiger partial charge on any atom is -0.348 e. The van der Waals surface area contributed by atoms with E-state index in [4.69, 9.17) is 0 Å². The standard InChI is InChI=1S/C21H22N4O2/c1-15-10-16(2)24-21(27)19(15)12-22-20(26)9-8-18-11-23-25(14-18)13-17-6-4-3-5-7-17/h3-11,14H,12-13H2,1-2H3,(H,22,26)(H,24,27)/b9-8+. The Hall–Kier alpha value is -3.41.